The van der Waals surface area contributed by atoms with Crippen molar-refractivity contribution >= 4 is 5.82 Å². The molecule has 1 aromatic heterocycles. The van der Waals surface area contributed by atoms with Crippen molar-refractivity contribution in [3.05, 3.63) is 23.9 Å². The average Bonchev–Trinajstić information content (AvgIpc) is 2.27. The van der Waals surface area contributed by atoms with Gasteiger partial charge in [-0.15, -0.1) is 0 Å². The highest BCUT2D eigenvalue weighted by Gasteiger charge is 2.19. The Balaban J connectivity index is 2.80. The number of hydrogen-bond acceptors (Lipinski definition) is 3. The molecule has 1 heterocycles. The molecule has 0 atom stereocenters. The average molecular weight is 249 g/mol. The molecule has 0 radical (unpaired) electrons. The van der Waals surface area contributed by atoms with Crippen LogP contribution in [0.3, 0.4) is 0 Å². The van der Waals surface area contributed by atoms with E-state index in [4.69, 9.17) is 5.73 Å². The molecule has 0 spiro atoms. The van der Waals surface area contributed by atoms with Gasteiger partial charge in [-0.3, -0.25) is 0 Å². The highest BCUT2D eigenvalue weighted by atomic mass is 15.2. The van der Waals surface area contributed by atoms with Crippen LogP contribution in [0.2, 0.25) is 0 Å². The van der Waals surface area contributed by atoms with Crippen molar-refractivity contribution in [1.29, 1.82) is 0 Å². The van der Waals surface area contributed by atoms with Crippen LogP contribution in [0.25, 0.3) is 0 Å². The second-order valence-electron chi connectivity index (χ2n) is 6.88. The molecule has 0 unspecified atom stereocenters. The van der Waals surface area contributed by atoms with Crippen molar-refractivity contribution in [2.75, 3.05) is 25.0 Å². The smallest absolute Gasteiger partial charge is 0.128 e. The molecule has 0 fully saturated rings. The van der Waals surface area contributed by atoms with E-state index in [-0.39, 0.29) is 10.8 Å². The third kappa shape index (κ3) is 3.98. The Kier molecular flexibility index (Phi) is 4.38. The minimum absolute atomic E-state index is 0.110. The molecule has 1 rings (SSSR count). The van der Waals surface area contributed by atoms with E-state index in [9.17, 15) is 0 Å². The van der Waals surface area contributed by atoms with Crippen molar-refractivity contribution in [3.63, 3.8) is 0 Å². The number of hydrogen-bond donors (Lipinski definition) is 1. The van der Waals surface area contributed by atoms with Crippen molar-refractivity contribution < 1.29 is 0 Å². The molecule has 2 N–H and O–H groups in total. The maximum atomic E-state index is 5.77. The Morgan fingerprint density at radius 2 is 1.78 bits per heavy atom. The van der Waals surface area contributed by atoms with Crippen molar-refractivity contribution in [1.82, 2.24) is 4.98 Å². The lowest BCUT2D eigenvalue weighted by Crippen LogP contribution is -2.37. The van der Waals surface area contributed by atoms with E-state index in [1.165, 1.54) is 5.56 Å². The second-order valence-corrected chi connectivity index (χ2v) is 6.88. The Morgan fingerprint density at radius 1 is 1.17 bits per heavy atom. The quantitative estimate of drug-likeness (QED) is 0.892. The predicted molar refractivity (Wildman–Crippen MR) is 79.0 cm³/mol. The fourth-order valence-corrected chi connectivity index (χ4v) is 1.84. The number of nitrogens with zero attached hydrogens (tertiary/aromatic N) is 2. The summed E-state index contributed by atoms with van der Waals surface area (Å²) in [5.41, 5.74) is 7.29. The third-order valence-corrected chi connectivity index (χ3v) is 3.22. The molecule has 18 heavy (non-hydrogen) atoms. The topological polar surface area (TPSA) is 42.1 Å². The van der Waals surface area contributed by atoms with Gasteiger partial charge in [0, 0.05) is 19.8 Å². The van der Waals surface area contributed by atoms with Crippen LogP contribution in [0.1, 0.15) is 40.2 Å². The SMILES string of the molecule is CN(CC(C)(C)CN)c1ccc(C(C)(C)C)cn1. The fraction of sp³-hybridized carbons (Fsp3) is 0.667. The van der Waals surface area contributed by atoms with Gasteiger partial charge in [0.1, 0.15) is 5.82 Å². The van der Waals surface area contributed by atoms with Gasteiger partial charge in [0.2, 0.25) is 0 Å². The molecule has 3 heteroatoms. The summed E-state index contributed by atoms with van der Waals surface area (Å²) in [5, 5.41) is 0. The van der Waals surface area contributed by atoms with Crippen LogP contribution >= 0.6 is 0 Å². The summed E-state index contributed by atoms with van der Waals surface area (Å²) in [6, 6.07) is 4.25. The monoisotopic (exact) mass is 249 g/mol. The van der Waals surface area contributed by atoms with E-state index in [1.54, 1.807) is 0 Å². The standard InChI is InChI=1S/C15H27N3/c1-14(2,3)12-7-8-13(17-9-12)18(6)11-15(4,5)10-16/h7-9H,10-11,16H2,1-6H3. The van der Waals surface area contributed by atoms with Gasteiger partial charge in [-0.25, -0.2) is 4.98 Å². The second kappa shape index (κ2) is 5.27. The summed E-state index contributed by atoms with van der Waals surface area (Å²) in [5.74, 6) is 1.00. The van der Waals surface area contributed by atoms with Crippen molar-refractivity contribution in [2.45, 2.75) is 40.0 Å². The zero-order chi connectivity index (χ0) is 14.0. The van der Waals surface area contributed by atoms with Gasteiger partial charge in [0.05, 0.1) is 0 Å². The molecule has 0 amide bonds. The minimum atomic E-state index is 0.110. The van der Waals surface area contributed by atoms with Crippen LogP contribution in [-0.4, -0.2) is 25.1 Å². The molecule has 0 bridgehead atoms. The first-order valence-corrected chi connectivity index (χ1v) is 6.53. The fourth-order valence-electron chi connectivity index (χ4n) is 1.84. The van der Waals surface area contributed by atoms with Gasteiger partial charge >= 0.3 is 0 Å². The highest BCUT2D eigenvalue weighted by molar-refractivity contribution is 5.39. The molecule has 0 aliphatic carbocycles. The van der Waals surface area contributed by atoms with E-state index in [0.717, 1.165) is 12.4 Å². The Labute approximate surface area is 111 Å². The lowest BCUT2D eigenvalue weighted by atomic mass is 9.88. The Hall–Kier alpha value is -1.09. The summed E-state index contributed by atoms with van der Waals surface area (Å²) in [6.07, 6.45) is 1.97. The number of nitrogens with two attached hydrogens (primary N) is 1. The summed E-state index contributed by atoms with van der Waals surface area (Å²) in [7, 11) is 2.07. The maximum Gasteiger partial charge on any atom is 0.128 e. The lowest BCUT2D eigenvalue weighted by Gasteiger charge is -2.30. The summed E-state index contributed by atoms with van der Waals surface area (Å²) in [4.78, 5) is 6.71. The van der Waals surface area contributed by atoms with Gasteiger partial charge in [-0.1, -0.05) is 40.7 Å². The zero-order valence-corrected chi connectivity index (χ0v) is 12.6. The van der Waals surface area contributed by atoms with Gasteiger partial charge in [-0.05, 0) is 29.0 Å². The predicted octanol–water partition coefficient (Wildman–Crippen LogP) is 2.80. The number of anilines is 1. The molecule has 0 saturated carbocycles. The van der Waals surface area contributed by atoms with Crippen LogP contribution in [0.15, 0.2) is 18.3 Å². The molecule has 0 aliphatic heterocycles. The van der Waals surface area contributed by atoms with E-state index in [0.29, 0.717) is 6.54 Å². The molecule has 0 saturated heterocycles. The van der Waals surface area contributed by atoms with E-state index in [1.807, 2.05) is 6.20 Å². The molecule has 0 aromatic carbocycles. The van der Waals surface area contributed by atoms with Gasteiger partial charge < -0.3 is 10.6 Å². The molecule has 1 aromatic rings. The largest absolute Gasteiger partial charge is 0.359 e. The number of aromatic nitrogens is 1. The zero-order valence-electron chi connectivity index (χ0n) is 12.6. The third-order valence-electron chi connectivity index (χ3n) is 3.22. The van der Waals surface area contributed by atoms with Gasteiger partial charge in [0.25, 0.3) is 0 Å². The first-order chi connectivity index (χ1) is 8.15. The molecule has 0 aliphatic rings. The van der Waals surface area contributed by atoms with E-state index in [2.05, 4.69) is 63.7 Å². The van der Waals surface area contributed by atoms with Crippen LogP contribution in [0, 0.1) is 5.41 Å². The van der Waals surface area contributed by atoms with Gasteiger partial charge in [-0.2, -0.15) is 0 Å². The van der Waals surface area contributed by atoms with Crippen LogP contribution in [0.4, 0.5) is 5.82 Å². The van der Waals surface area contributed by atoms with Crippen LogP contribution < -0.4 is 10.6 Å². The maximum absolute atomic E-state index is 5.77. The summed E-state index contributed by atoms with van der Waals surface area (Å²) >= 11 is 0. The van der Waals surface area contributed by atoms with Gasteiger partial charge in [0.15, 0.2) is 0 Å². The Bertz CT molecular complexity index is 374. The minimum Gasteiger partial charge on any atom is -0.359 e. The van der Waals surface area contributed by atoms with Crippen LogP contribution in [-0.2, 0) is 5.41 Å². The molecule has 3 nitrogen and oxygen atoms in total. The van der Waals surface area contributed by atoms with Crippen molar-refractivity contribution in [3.8, 4) is 0 Å². The normalized spacial score (nSPS) is 12.6. The first-order valence-electron chi connectivity index (χ1n) is 6.53. The lowest BCUT2D eigenvalue weighted by molar-refractivity contribution is 0.384. The Morgan fingerprint density at radius 3 is 2.17 bits per heavy atom. The van der Waals surface area contributed by atoms with E-state index < -0.39 is 0 Å². The highest BCUT2D eigenvalue weighted by Crippen LogP contribution is 2.24. The first kappa shape index (κ1) is 15.0. The number of pyridine rings is 1. The molecule has 102 valence electrons. The summed E-state index contributed by atoms with van der Waals surface area (Å²) < 4.78 is 0. The summed E-state index contributed by atoms with van der Waals surface area (Å²) in [6.45, 7) is 12.5. The molecular weight excluding hydrogens is 222 g/mol. The van der Waals surface area contributed by atoms with Crippen LogP contribution in [0.5, 0.6) is 0 Å². The number of rotatable bonds is 4. The van der Waals surface area contributed by atoms with Crippen molar-refractivity contribution in [2.24, 2.45) is 11.1 Å². The molecular formula is C15H27N3. The van der Waals surface area contributed by atoms with E-state index >= 15 is 0 Å².